The van der Waals surface area contributed by atoms with E-state index in [1.165, 1.54) is 9.87 Å². The molecule has 29 heavy (non-hydrogen) atoms. The number of rotatable bonds is 7. The molecule has 1 saturated heterocycles. The lowest BCUT2D eigenvalue weighted by atomic mass is 10.1. The van der Waals surface area contributed by atoms with Crippen molar-refractivity contribution >= 4 is 15.9 Å². The van der Waals surface area contributed by atoms with Crippen LogP contribution in [0.25, 0.3) is 0 Å². The minimum Gasteiger partial charge on any atom is -0.481 e. The van der Waals surface area contributed by atoms with Crippen LogP contribution >= 0.6 is 0 Å². The van der Waals surface area contributed by atoms with E-state index in [-0.39, 0.29) is 23.9 Å². The Morgan fingerprint density at radius 1 is 0.966 bits per heavy atom. The number of carbonyl (C=O) groups excluding carboxylic acids is 1. The van der Waals surface area contributed by atoms with Crippen LogP contribution in [0.5, 0.6) is 5.75 Å². The highest BCUT2D eigenvalue weighted by Gasteiger charge is 2.32. The zero-order valence-electron chi connectivity index (χ0n) is 17.0. The van der Waals surface area contributed by atoms with E-state index in [4.69, 9.17) is 4.74 Å². The summed E-state index contributed by atoms with van der Waals surface area (Å²) in [5.41, 5.74) is 1.22. The van der Waals surface area contributed by atoms with Crippen molar-refractivity contribution in [1.82, 2.24) is 9.21 Å². The fourth-order valence-corrected chi connectivity index (χ4v) is 4.81. The second-order valence-corrected chi connectivity index (χ2v) is 8.99. The van der Waals surface area contributed by atoms with E-state index in [2.05, 4.69) is 6.92 Å². The predicted octanol–water partition coefficient (Wildman–Crippen LogP) is 2.94. The molecule has 1 atom stereocenters. The summed E-state index contributed by atoms with van der Waals surface area (Å²) < 4.78 is 32.9. The fraction of sp³-hybridized carbons (Fsp3) is 0.409. The maximum absolute atomic E-state index is 12.9. The first-order valence-corrected chi connectivity index (χ1v) is 11.5. The van der Waals surface area contributed by atoms with Crippen LogP contribution in [-0.4, -0.2) is 55.8 Å². The number of nitrogens with zero attached hydrogens (tertiary/aromatic N) is 2. The summed E-state index contributed by atoms with van der Waals surface area (Å²) >= 11 is 0. The zero-order chi connectivity index (χ0) is 20.9. The molecule has 2 aromatic rings. The largest absolute Gasteiger partial charge is 0.481 e. The summed E-state index contributed by atoms with van der Waals surface area (Å²) in [5.74, 6) is 0.580. The van der Waals surface area contributed by atoms with Gasteiger partial charge in [0.1, 0.15) is 5.75 Å². The van der Waals surface area contributed by atoms with Gasteiger partial charge in [0, 0.05) is 26.2 Å². The van der Waals surface area contributed by atoms with Gasteiger partial charge in [0.25, 0.3) is 5.91 Å². The van der Waals surface area contributed by atoms with Gasteiger partial charge in [-0.05, 0) is 42.7 Å². The maximum Gasteiger partial charge on any atom is 0.263 e. The van der Waals surface area contributed by atoms with Gasteiger partial charge >= 0.3 is 0 Å². The van der Waals surface area contributed by atoms with Crippen molar-refractivity contribution in [3.8, 4) is 5.75 Å². The third-order valence-electron chi connectivity index (χ3n) is 5.19. The van der Waals surface area contributed by atoms with Crippen molar-refractivity contribution in [3.63, 3.8) is 0 Å². The Labute approximate surface area is 173 Å². The van der Waals surface area contributed by atoms with E-state index < -0.39 is 16.1 Å². The number of ether oxygens (including phenoxy) is 1. The van der Waals surface area contributed by atoms with E-state index in [1.54, 1.807) is 35.2 Å². The zero-order valence-corrected chi connectivity index (χ0v) is 17.8. The summed E-state index contributed by atoms with van der Waals surface area (Å²) in [4.78, 5) is 14.9. The van der Waals surface area contributed by atoms with Crippen LogP contribution in [0.4, 0.5) is 0 Å². The number of piperazine rings is 1. The highest BCUT2D eigenvalue weighted by Crippen LogP contribution is 2.20. The van der Waals surface area contributed by atoms with Crippen molar-refractivity contribution in [2.24, 2.45) is 0 Å². The van der Waals surface area contributed by atoms with E-state index in [0.717, 1.165) is 6.42 Å². The first-order valence-electron chi connectivity index (χ1n) is 10.0. The molecular formula is C22H28N2O4S. The Bertz CT molecular complexity index is 906. The Balaban J connectivity index is 1.60. The number of benzene rings is 2. The van der Waals surface area contributed by atoms with Crippen LogP contribution in [0.3, 0.4) is 0 Å². The molecule has 0 bridgehead atoms. The van der Waals surface area contributed by atoms with Crippen LogP contribution in [0.1, 0.15) is 25.8 Å². The lowest BCUT2D eigenvalue weighted by Gasteiger charge is -2.35. The van der Waals surface area contributed by atoms with Crippen molar-refractivity contribution in [1.29, 1.82) is 0 Å². The monoisotopic (exact) mass is 416 g/mol. The van der Waals surface area contributed by atoms with Crippen LogP contribution in [-0.2, 0) is 21.2 Å². The fourth-order valence-electron chi connectivity index (χ4n) is 3.37. The Kier molecular flexibility index (Phi) is 6.92. The van der Waals surface area contributed by atoms with Crippen molar-refractivity contribution < 1.29 is 17.9 Å². The number of aryl methyl sites for hydroxylation is 1. The van der Waals surface area contributed by atoms with E-state index in [1.807, 2.05) is 31.2 Å². The molecule has 1 fully saturated rings. The van der Waals surface area contributed by atoms with Crippen molar-refractivity contribution in [2.75, 3.05) is 26.2 Å². The number of hydrogen-bond acceptors (Lipinski definition) is 4. The molecule has 0 aromatic heterocycles. The Morgan fingerprint density at radius 2 is 1.59 bits per heavy atom. The third kappa shape index (κ3) is 4.97. The van der Waals surface area contributed by atoms with E-state index in [9.17, 15) is 13.2 Å². The molecule has 7 heteroatoms. The molecule has 156 valence electrons. The molecule has 0 saturated carbocycles. The minimum absolute atomic E-state index is 0.0937. The second kappa shape index (κ2) is 9.41. The van der Waals surface area contributed by atoms with Gasteiger partial charge in [-0.25, -0.2) is 8.42 Å². The normalized spacial score (nSPS) is 16.4. The molecule has 3 rings (SSSR count). The van der Waals surface area contributed by atoms with Crippen molar-refractivity contribution in [3.05, 3.63) is 60.2 Å². The summed E-state index contributed by atoms with van der Waals surface area (Å²) in [7, 11) is -3.53. The van der Waals surface area contributed by atoms with Gasteiger partial charge in [-0.1, -0.05) is 44.2 Å². The average molecular weight is 417 g/mol. The molecule has 0 radical (unpaired) electrons. The van der Waals surface area contributed by atoms with Gasteiger partial charge in [-0.2, -0.15) is 4.31 Å². The molecule has 0 N–H and O–H groups in total. The van der Waals surface area contributed by atoms with E-state index >= 15 is 0 Å². The second-order valence-electron chi connectivity index (χ2n) is 7.05. The smallest absolute Gasteiger partial charge is 0.263 e. The molecule has 0 spiro atoms. The van der Waals surface area contributed by atoms with Gasteiger partial charge in [-0.15, -0.1) is 0 Å². The van der Waals surface area contributed by atoms with Gasteiger partial charge in [0.05, 0.1) is 4.90 Å². The predicted molar refractivity (Wildman–Crippen MR) is 112 cm³/mol. The number of hydrogen-bond donors (Lipinski definition) is 0. The number of carbonyl (C=O) groups is 1. The van der Waals surface area contributed by atoms with Gasteiger partial charge in [0.2, 0.25) is 10.0 Å². The first-order chi connectivity index (χ1) is 14.0. The first kappa shape index (κ1) is 21.3. The van der Waals surface area contributed by atoms with Crippen LogP contribution in [0.2, 0.25) is 0 Å². The highest BCUT2D eigenvalue weighted by atomic mass is 32.2. The number of sulfonamides is 1. The van der Waals surface area contributed by atoms with Gasteiger partial charge in [-0.3, -0.25) is 4.79 Å². The summed E-state index contributed by atoms with van der Waals surface area (Å²) in [6.07, 6.45) is 0.934. The maximum atomic E-state index is 12.9. The quantitative estimate of drug-likeness (QED) is 0.696. The third-order valence-corrected chi connectivity index (χ3v) is 7.10. The summed E-state index contributed by atoms with van der Waals surface area (Å²) in [5, 5.41) is 0. The molecule has 0 aliphatic carbocycles. The lowest BCUT2D eigenvalue weighted by molar-refractivity contribution is -0.140. The summed E-state index contributed by atoms with van der Waals surface area (Å²) in [6, 6.07) is 16.2. The lowest BCUT2D eigenvalue weighted by Crippen LogP contribution is -2.53. The molecule has 6 nitrogen and oxygen atoms in total. The molecule has 2 aromatic carbocycles. The van der Waals surface area contributed by atoms with Crippen LogP contribution in [0, 0.1) is 0 Å². The highest BCUT2D eigenvalue weighted by molar-refractivity contribution is 7.89. The molecule has 1 aliphatic rings. The topological polar surface area (TPSA) is 66.9 Å². The minimum atomic E-state index is -3.53. The Hall–Kier alpha value is -2.38. The SMILES string of the molecule is CCc1ccc(OC(CC)C(=O)N2CCN(S(=O)(=O)c3ccccc3)CC2)cc1. The molecule has 1 aliphatic heterocycles. The van der Waals surface area contributed by atoms with E-state index in [0.29, 0.717) is 25.3 Å². The molecule has 1 amide bonds. The molecule has 1 heterocycles. The standard InChI is InChI=1S/C22H28N2O4S/c1-3-18-10-12-19(13-11-18)28-21(4-2)22(25)23-14-16-24(17-15-23)29(26,27)20-8-6-5-7-9-20/h5-13,21H,3-4,14-17H2,1-2H3. The Morgan fingerprint density at radius 3 is 2.14 bits per heavy atom. The van der Waals surface area contributed by atoms with Gasteiger partial charge in [0.15, 0.2) is 6.10 Å². The van der Waals surface area contributed by atoms with Crippen LogP contribution < -0.4 is 4.74 Å². The summed E-state index contributed by atoms with van der Waals surface area (Å²) in [6.45, 7) is 5.29. The van der Waals surface area contributed by atoms with Crippen molar-refractivity contribution in [2.45, 2.75) is 37.7 Å². The molecule has 1 unspecified atom stereocenters. The van der Waals surface area contributed by atoms with Crippen LogP contribution in [0.15, 0.2) is 59.5 Å². The number of amides is 1. The van der Waals surface area contributed by atoms with Gasteiger partial charge < -0.3 is 9.64 Å². The average Bonchev–Trinajstić information content (AvgIpc) is 2.78. The molecular weight excluding hydrogens is 388 g/mol.